The Kier molecular flexibility index (Phi) is 4.99. The lowest BCUT2D eigenvalue weighted by Crippen LogP contribution is -2.44. The van der Waals surface area contributed by atoms with Crippen molar-refractivity contribution >= 4 is 10.0 Å². The number of aliphatic hydroxyl groups excluding tert-OH is 1. The van der Waals surface area contributed by atoms with Crippen LogP contribution in [-0.4, -0.2) is 36.0 Å². The molecule has 0 spiro atoms. The van der Waals surface area contributed by atoms with Gasteiger partial charge < -0.3 is 5.11 Å². The minimum Gasteiger partial charge on any atom is -0.396 e. The molecule has 0 aliphatic rings. The Morgan fingerprint density at radius 3 is 2.25 bits per heavy atom. The third kappa shape index (κ3) is 3.59. The standard InChI is InChI=1S/C13H25N3O3S/c1-9-12(10(2)16(6)14-9)20(18,19)15-11(7-8-17)13(3,4)5/h11,15,17H,7-8H2,1-6H3. The highest BCUT2D eigenvalue weighted by Gasteiger charge is 2.32. The van der Waals surface area contributed by atoms with E-state index in [4.69, 9.17) is 5.11 Å². The lowest BCUT2D eigenvalue weighted by atomic mass is 9.86. The van der Waals surface area contributed by atoms with E-state index in [1.807, 2.05) is 20.8 Å². The number of sulfonamides is 1. The number of rotatable bonds is 5. The second-order valence-corrected chi connectivity index (χ2v) is 7.83. The van der Waals surface area contributed by atoms with E-state index in [1.54, 1.807) is 25.6 Å². The van der Waals surface area contributed by atoms with Crippen LogP contribution in [0.2, 0.25) is 0 Å². The normalized spacial score (nSPS) is 14.6. The van der Waals surface area contributed by atoms with E-state index >= 15 is 0 Å². The average molecular weight is 303 g/mol. The number of hydrogen-bond acceptors (Lipinski definition) is 4. The number of hydrogen-bond donors (Lipinski definition) is 2. The van der Waals surface area contributed by atoms with Gasteiger partial charge in [0.25, 0.3) is 0 Å². The van der Waals surface area contributed by atoms with Gasteiger partial charge in [-0.05, 0) is 25.7 Å². The Morgan fingerprint density at radius 1 is 1.35 bits per heavy atom. The molecule has 7 heteroatoms. The third-order valence-corrected chi connectivity index (χ3v) is 5.20. The molecule has 1 rings (SSSR count). The van der Waals surface area contributed by atoms with Crippen LogP contribution in [0, 0.1) is 19.3 Å². The fourth-order valence-corrected chi connectivity index (χ4v) is 4.10. The number of aryl methyl sites for hydroxylation is 2. The molecule has 1 aromatic heterocycles. The smallest absolute Gasteiger partial charge is 0.244 e. The summed E-state index contributed by atoms with van der Waals surface area (Å²) in [7, 11) is -1.93. The maximum absolute atomic E-state index is 12.6. The van der Waals surface area contributed by atoms with Gasteiger partial charge >= 0.3 is 0 Å². The van der Waals surface area contributed by atoms with Crippen molar-refractivity contribution in [2.24, 2.45) is 12.5 Å². The molecule has 0 bridgehead atoms. The van der Waals surface area contributed by atoms with Crippen LogP contribution in [0.1, 0.15) is 38.6 Å². The van der Waals surface area contributed by atoms with E-state index in [0.29, 0.717) is 17.8 Å². The Labute approximate surface area is 121 Å². The molecule has 0 aromatic carbocycles. The van der Waals surface area contributed by atoms with Crippen molar-refractivity contribution in [3.05, 3.63) is 11.4 Å². The summed E-state index contributed by atoms with van der Waals surface area (Å²) >= 11 is 0. The van der Waals surface area contributed by atoms with Crippen molar-refractivity contribution in [1.82, 2.24) is 14.5 Å². The molecule has 0 radical (unpaired) electrons. The molecule has 1 aromatic rings. The predicted molar refractivity (Wildman–Crippen MR) is 77.9 cm³/mol. The molecule has 0 saturated heterocycles. The fourth-order valence-electron chi connectivity index (χ4n) is 2.19. The minimum absolute atomic E-state index is 0.0601. The summed E-state index contributed by atoms with van der Waals surface area (Å²) in [5.74, 6) is 0. The zero-order valence-electron chi connectivity index (χ0n) is 13.1. The average Bonchev–Trinajstić information content (AvgIpc) is 2.51. The SMILES string of the molecule is Cc1nn(C)c(C)c1S(=O)(=O)NC(CCO)C(C)(C)C. The summed E-state index contributed by atoms with van der Waals surface area (Å²) in [4.78, 5) is 0.229. The quantitative estimate of drug-likeness (QED) is 0.853. The molecule has 2 N–H and O–H groups in total. The Hall–Kier alpha value is -0.920. The van der Waals surface area contributed by atoms with Crippen LogP contribution >= 0.6 is 0 Å². The van der Waals surface area contributed by atoms with Crippen LogP contribution in [0.3, 0.4) is 0 Å². The molecule has 1 heterocycles. The van der Waals surface area contributed by atoms with Gasteiger partial charge in [0.05, 0.1) is 11.4 Å². The second-order valence-electron chi connectivity index (χ2n) is 6.18. The zero-order chi connectivity index (χ0) is 15.7. The molecule has 0 amide bonds. The monoisotopic (exact) mass is 303 g/mol. The first-order valence-electron chi connectivity index (χ1n) is 6.64. The summed E-state index contributed by atoms with van der Waals surface area (Å²) in [5, 5.41) is 13.3. The number of aliphatic hydroxyl groups is 1. The first kappa shape index (κ1) is 17.1. The summed E-state index contributed by atoms with van der Waals surface area (Å²) in [6, 6.07) is -0.337. The van der Waals surface area contributed by atoms with Gasteiger partial charge in [-0.3, -0.25) is 4.68 Å². The van der Waals surface area contributed by atoms with E-state index in [1.165, 1.54) is 0 Å². The number of aromatic nitrogens is 2. The van der Waals surface area contributed by atoms with E-state index < -0.39 is 10.0 Å². The summed E-state index contributed by atoms with van der Waals surface area (Å²) in [6.45, 7) is 9.18. The van der Waals surface area contributed by atoms with E-state index in [-0.39, 0.29) is 23.0 Å². The largest absolute Gasteiger partial charge is 0.396 e. The summed E-state index contributed by atoms with van der Waals surface area (Å²) < 4.78 is 29.4. The van der Waals surface area contributed by atoms with Crippen molar-refractivity contribution in [2.75, 3.05) is 6.61 Å². The highest BCUT2D eigenvalue weighted by Crippen LogP contribution is 2.25. The zero-order valence-corrected chi connectivity index (χ0v) is 13.9. The highest BCUT2D eigenvalue weighted by molar-refractivity contribution is 7.89. The van der Waals surface area contributed by atoms with Crippen LogP contribution in [-0.2, 0) is 17.1 Å². The molecule has 0 aliphatic heterocycles. The van der Waals surface area contributed by atoms with Gasteiger partial charge in [0.15, 0.2) is 0 Å². The Bertz CT molecular complexity index is 570. The minimum atomic E-state index is -3.65. The first-order chi connectivity index (χ1) is 9.00. The van der Waals surface area contributed by atoms with Crippen LogP contribution in [0.15, 0.2) is 4.90 Å². The molecular formula is C13H25N3O3S. The van der Waals surface area contributed by atoms with Gasteiger partial charge in [0.1, 0.15) is 4.90 Å². The lowest BCUT2D eigenvalue weighted by Gasteiger charge is -2.30. The second kappa shape index (κ2) is 5.83. The highest BCUT2D eigenvalue weighted by atomic mass is 32.2. The van der Waals surface area contributed by atoms with Gasteiger partial charge in [-0.25, -0.2) is 13.1 Å². The molecule has 0 fully saturated rings. The van der Waals surface area contributed by atoms with Gasteiger partial charge in [0.2, 0.25) is 10.0 Å². The van der Waals surface area contributed by atoms with Crippen molar-refractivity contribution in [3.63, 3.8) is 0 Å². The molecule has 0 aliphatic carbocycles. The van der Waals surface area contributed by atoms with Crippen molar-refractivity contribution in [3.8, 4) is 0 Å². The topological polar surface area (TPSA) is 84.2 Å². The van der Waals surface area contributed by atoms with Crippen LogP contribution < -0.4 is 4.72 Å². The molecule has 116 valence electrons. The molecule has 1 atom stereocenters. The van der Waals surface area contributed by atoms with E-state index in [9.17, 15) is 8.42 Å². The predicted octanol–water partition coefficient (Wildman–Crippen LogP) is 1.11. The van der Waals surface area contributed by atoms with Gasteiger partial charge in [0, 0.05) is 19.7 Å². The third-order valence-electron chi connectivity index (χ3n) is 3.47. The van der Waals surface area contributed by atoms with Crippen molar-refractivity contribution in [2.45, 2.75) is 52.0 Å². The fraction of sp³-hybridized carbons (Fsp3) is 0.769. The number of nitrogens with zero attached hydrogens (tertiary/aromatic N) is 2. The first-order valence-corrected chi connectivity index (χ1v) is 8.12. The summed E-state index contributed by atoms with van der Waals surface area (Å²) in [5.41, 5.74) is 0.806. The van der Waals surface area contributed by atoms with E-state index in [2.05, 4.69) is 9.82 Å². The van der Waals surface area contributed by atoms with Crippen LogP contribution in [0.5, 0.6) is 0 Å². The maximum atomic E-state index is 12.6. The van der Waals surface area contributed by atoms with Crippen molar-refractivity contribution < 1.29 is 13.5 Å². The number of nitrogens with one attached hydrogen (secondary N) is 1. The molecule has 6 nitrogen and oxygen atoms in total. The van der Waals surface area contributed by atoms with Crippen molar-refractivity contribution in [1.29, 1.82) is 0 Å². The molecule has 0 saturated carbocycles. The van der Waals surface area contributed by atoms with Crippen LogP contribution in [0.25, 0.3) is 0 Å². The Balaban J connectivity index is 3.17. The molecule has 20 heavy (non-hydrogen) atoms. The molecule has 1 unspecified atom stereocenters. The van der Waals surface area contributed by atoms with Gasteiger partial charge in [-0.2, -0.15) is 5.10 Å². The lowest BCUT2D eigenvalue weighted by molar-refractivity contribution is 0.214. The molecular weight excluding hydrogens is 278 g/mol. The van der Waals surface area contributed by atoms with Gasteiger partial charge in [-0.15, -0.1) is 0 Å². The van der Waals surface area contributed by atoms with Crippen LogP contribution in [0.4, 0.5) is 0 Å². The summed E-state index contributed by atoms with van der Waals surface area (Å²) in [6.07, 6.45) is 0.376. The Morgan fingerprint density at radius 2 is 1.90 bits per heavy atom. The van der Waals surface area contributed by atoms with E-state index in [0.717, 1.165) is 0 Å². The van der Waals surface area contributed by atoms with Gasteiger partial charge in [-0.1, -0.05) is 20.8 Å². The maximum Gasteiger partial charge on any atom is 0.244 e.